The van der Waals surface area contributed by atoms with E-state index < -0.39 is 11.0 Å². The Labute approximate surface area is 52.9 Å². The summed E-state index contributed by atoms with van der Waals surface area (Å²) in [7, 11) is -0.955. The Morgan fingerprint density at radius 1 is 1.88 bits per heavy atom. The number of nitrogens with zero attached hydrogens (tertiary/aromatic N) is 2. The van der Waals surface area contributed by atoms with Gasteiger partial charge in [0.1, 0.15) is 5.15 Å². The summed E-state index contributed by atoms with van der Waals surface area (Å²) in [6.45, 7) is 0. The van der Waals surface area contributed by atoms with E-state index in [0.717, 1.165) is 0 Å². The van der Waals surface area contributed by atoms with Gasteiger partial charge in [-0.3, -0.25) is 0 Å². The molecular weight excluding hydrogens is 148 g/mol. The molecule has 0 aliphatic carbocycles. The number of rotatable bonds is 0. The monoisotopic (exact) mass is 148 g/mol. The lowest BCUT2D eigenvalue weighted by molar-refractivity contribution is 0.690. The van der Waals surface area contributed by atoms with E-state index in [1.807, 2.05) is 0 Å². The molecule has 1 aromatic rings. The predicted molar refractivity (Wildman–Crippen MR) is 29.0 cm³/mol. The third-order valence-corrected chi connectivity index (χ3v) is 2.16. The first-order valence-electron chi connectivity index (χ1n) is 1.96. The highest BCUT2D eigenvalue weighted by Gasteiger charge is 2.30. The highest BCUT2D eigenvalue weighted by atomic mass is 35.5. The smallest absolute Gasteiger partial charge is 0.231 e. The van der Waals surface area contributed by atoms with Gasteiger partial charge in [0, 0.05) is 0 Å². The molecule has 5 heteroatoms. The van der Waals surface area contributed by atoms with Crippen molar-refractivity contribution in [3.63, 3.8) is 0 Å². The van der Waals surface area contributed by atoms with Gasteiger partial charge in [-0.2, -0.15) is 0 Å². The number of hydrogen-bond acceptors (Lipinski definition) is 2. The summed E-state index contributed by atoms with van der Waals surface area (Å²) in [6, 6.07) is 0. The SMILES string of the molecule is O=S1c2nc(Cl)cn21. The molecule has 0 fully saturated rings. The normalized spacial score (nSPS) is 22.9. The highest BCUT2D eigenvalue weighted by molar-refractivity contribution is 7.88. The minimum Gasteiger partial charge on any atom is -0.231 e. The molecule has 3 nitrogen and oxygen atoms in total. The molecular formula is C3HClN2OS. The van der Waals surface area contributed by atoms with E-state index >= 15 is 0 Å². The lowest BCUT2D eigenvalue weighted by atomic mass is 11.0. The van der Waals surface area contributed by atoms with Crippen molar-refractivity contribution in [2.75, 3.05) is 0 Å². The van der Waals surface area contributed by atoms with Gasteiger partial charge in [-0.1, -0.05) is 11.6 Å². The third-order valence-electron chi connectivity index (χ3n) is 0.917. The standard InChI is InChI=1S/C3HClN2OS/c4-2-1-6-3(5-2)8(6)7/h1H. The van der Waals surface area contributed by atoms with Crippen LogP contribution in [-0.2, 0) is 11.0 Å². The summed E-state index contributed by atoms with van der Waals surface area (Å²) in [5.41, 5.74) is 0. The second-order valence-electron chi connectivity index (χ2n) is 1.42. The zero-order valence-electron chi connectivity index (χ0n) is 3.67. The van der Waals surface area contributed by atoms with Crippen LogP contribution in [0.3, 0.4) is 0 Å². The van der Waals surface area contributed by atoms with Crippen LogP contribution in [0.15, 0.2) is 11.4 Å². The summed E-state index contributed by atoms with van der Waals surface area (Å²) in [5, 5.41) is 0.995. The average molecular weight is 149 g/mol. The van der Waals surface area contributed by atoms with Gasteiger partial charge in [-0.25, -0.2) is 13.2 Å². The van der Waals surface area contributed by atoms with Crippen molar-refractivity contribution in [2.24, 2.45) is 0 Å². The minimum absolute atomic E-state index is 0.416. The second-order valence-corrected chi connectivity index (χ2v) is 3.07. The summed E-state index contributed by atoms with van der Waals surface area (Å²) >= 11 is 5.40. The van der Waals surface area contributed by atoms with E-state index in [4.69, 9.17) is 11.6 Å². The fourth-order valence-electron chi connectivity index (χ4n) is 0.529. The molecule has 2 rings (SSSR count). The van der Waals surface area contributed by atoms with E-state index in [2.05, 4.69) is 4.98 Å². The van der Waals surface area contributed by atoms with Crippen LogP contribution in [0.2, 0.25) is 5.15 Å². The van der Waals surface area contributed by atoms with E-state index in [1.165, 1.54) is 3.97 Å². The zero-order valence-corrected chi connectivity index (χ0v) is 5.24. The predicted octanol–water partition coefficient (Wildman–Crippen LogP) is 0.421. The summed E-state index contributed by atoms with van der Waals surface area (Å²) in [5.74, 6) is 0. The number of aromatic nitrogens is 2. The van der Waals surface area contributed by atoms with E-state index in [9.17, 15) is 4.21 Å². The summed E-state index contributed by atoms with van der Waals surface area (Å²) < 4.78 is 12.0. The van der Waals surface area contributed by atoms with Gasteiger partial charge in [0.15, 0.2) is 11.0 Å². The minimum atomic E-state index is -0.955. The number of fused-ring (bicyclic) bond motifs is 1. The summed E-state index contributed by atoms with van der Waals surface area (Å²) in [4.78, 5) is 3.71. The zero-order chi connectivity index (χ0) is 5.72. The first-order chi connectivity index (χ1) is 3.79. The van der Waals surface area contributed by atoms with Crippen LogP contribution < -0.4 is 0 Å². The molecule has 1 aliphatic heterocycles. The molecule has 1 aliphatic rings. The van der Waals surface area contributed by atoms with Crippen molar-refractivity contribution in [1.29, 1.82) is 0 Å². The quantitative estimate of drug-likeness (QED) is 0.508. The molecule has 2 heterocycles. The number of hydrogen-bond donors (Lipinski definition) is 0. The van der Waals surface area contributed by atoms with Gasteiger partial charge >= 0.3 is 0 Å². The molecule has 42 valence electrons. The highest BCUT2D eigenvalue weighted by Crippen LogP contribution is 2.25. The topological polar surface area (TPSA) is 34.9 Å². The Kier molecular flexibility index (Phi) is 0.644. The number of imidazole rings is 1. The Balaban J connectivity index is 2.67. The van der Waals surface area contributed by atoms with Gasteiger partial charge in [0.25, 0.3) is 0 Å². The van der Waals surface area contributed by atoms with E-state index in [-0.39, 0.29) is 0 Å². The molecule has 1 unspecified atom stereocenters. The molecule has 0 N–H and O–H groups in total. The fraction of sp³-hybridized carbons (Fsp3) is 0. The maximum atomic E-state index is 10.4. The van der Waals surface area contributed by atoms with Crippen LogP contribution in [0.5, 0.6) is 0 Å². The van der Waals surface area contributed by atoms with Crippen LogP contribution in [0.25, 0.3) is 0 Å². The van der Waals surface area contributed by atoms with Crippen LogP contribution in [0.1, 0.15) is 0 Å². The first kappa shape index (κ1) is 4.52. The van der Waals surface area contributed by atoms with Crippen LogP contribution in [-0.4, -0.2) is 13.2 Å². The molecule has 8 heavy (non-hydrogen) atoms. The Hall–Kier alpha value is -0.350. The molecule has 0 spiro atoms. The van der Waals surface area contributed by atoms with Crippen LogP contribution in [0.4, 0.5) is 0 Å². The summed E-state index contributed by atoms with van der Waals surface area (Å²) in [6.07, 6.45) is 1.55. The van der Waals surface area contributed by atoms with Crippen molar-refractivity contribution < 1.29 is 4.21 Å². The van der Waals surface area contributed by atoms with Crippen LogP contribution >= 0.6 is 11.6 Å². The average Bonchev–Trinajstić information content (AvgIpc) is 2.29. The maximum absolute atomic E-state index is 10.4. The molecule has 0 saturated carbocycles. The molecule has 0 bridgehead atoms. The lowest BCUT2D eigenvalue weighted by Gasteiger charge is -1.70. The van der Waals surface area contributed by atoms with Gasteiger partial charge < -0.3 is 0 Å². The molecule has 0 amide bonds. The lowest BCUT2D eigenvalue weighted by Crippen LogP contribution is -1.71. The van der Waals surface area contributed by atoms with Gasteiger partial charge in [0.05, 0.1) is 6.20 Å². The number of halogens is 1. The van der Waals surface area contributed by atoms with Crippen molar-refractivity contribution in [3.8, 4) is 0 Å². The first-order valence-corrected chi connectivity index (χ1v) is 3.44. The van der Waals surface area contributed by atoms with E-state index in [0.29, 0.717) is 10.3 Å². The van der Waals surface area contributed by atoms with Crippen LogP contribution in [0, 0.1) is 0 Å². The largest absolute Gasteiger partial charge is 0.235 e. The molecule has 0 aromatic carbocycles. The second kappa shape index (κ2) is 1.14. The molecule has 1 atom stereocenters. The van der Waals surface area contributed by atoms with Crippen molar-refractivity contribution in [3.05, 3.63) is 11.3 Å². The Morgan fingerprint density at radius 2 is 2.62 bits per heavy atom. The Bertz CT molecular complexity index is 245. The van der Waals surface area contributed by atoms with Crippen molar-refractivity contribution in [1.82, 2.24) is 8.96 Å². The van der Waals surface area contributed by atoms with Gasteiger partial charge in [-0.15, -0.1) is 0 Å². The molecule has 0 saturated heterocycles. The molecule has 0 radical (unpaired) electrons. The van der Waals surface area contributed by atoms with Gasteiger partial charge in [-0.05, 0) is 0 Å². The van der Waals surface area contributed by atoms with Crippen molar-refractivity contribution in [2.45, 2.75) is 5.16 Å². The molecule has 1 aromatic heterocycles. The fourth-order valence-corrected chi connectivity index (χ4v) is 1.61. The maximum Gasteiger partial charge on any atom is 0.235 e. The van der Waals surface area contributed by atoms with Gasteiger partial charge in [0.2, 0.25) is 5.16 Å². The third kappa shape index (κ3) is 0.392. The van der Waals surface area contributed by atoms with E-state index in [1.54, 1.807) is 6.20 Å². The Morgan fingerprint density at radius 3 is 3.00 bits per heavy atom. The van der Waals surface area contributed by atoms with Crippen molar-refractivity contribution >= 4 is 22.6 Å².